The number of phenolic OH excluding ortho intramolecular Hbond substituents is 1. The highest BCUT2D eigenvalue weighted by molar-refractivity contribution is 6.01. The SMILES string of the molecule is Cn1c2c(c(=O)n(C)c1=O)C(c1ccc(O)cc1)C1=C(CC(C)(C)CC1=O)N2. The summed E-state index contributed by atoms with van der Waals surface area (Å²) in [4.78, 5) is 38.7. The minimum absolute atomic E-state index is 0.00150. The van der Waals surface area contributed by atoms with Gasteiger partial charge in [0.25, 0.3) is 5.56 Å². The molecular weight excluding hydrogens is 358 g/mol. The monoisotopic (exact) mass is 381 g/mol. The number of hydrogen-bond donors (Lipinski definition) is 2. The summed E-state index contributed by atoms with van der Waals surface area (Å²) in [5.74, 6) is -0.0497. The number of nitrogens with one attached hydrogen (secondary N) is 1. The molecule has 1 unspecified atom stereocenters. The molecule has 2 N–H and O–H groups in total. The highest BCUT2D eigenvalue weighted by Crippen LogP contribution is 2.47. The van der Waals surface area contributed by atoms with Crippen molar-refractivity contribution in [3.8, 4) is 5.75 Å². The molecule has 0 radical (unpaired) electrons. The number of rotatable bonds is 1. The standard InChI is InChI=1S/C21H23N3O4/c1-21(2)9-13-16(14(26)10-21)15(11-5-7-12(25)8-6-11)17-18(22-13)23(3)20(28)24(4)19(17)27/h5-8,15,22,25H,9-10H2,1-4H3. The van der Waals surface area contributed by atoms with Crippen LogP contribution in [-0.2, 0) is 18.9 Å². The first-order valence-electron chi connectivity index (χ1n) is 9.23. The summed E-state index contributed by atoms with van der Waals surface area (Å²) in [5.41, 5.74) is 1.39. The molecule has 1 aromatic carbocycles. The van der Waals surface area contributed by atoms with E-state index in [-0.39, 0.29) is 16.9 Å². The maximum atomic E-state index is 13.1. The molecular formula is C21H23N3O4. The topological polar surface area (TPSA) is 93.3 Å². The Balaban J connectivity index is 2.07. The zero-order valence-corrected chi connectivity index (χ0v) is 16.4. The molecule has 1 aliphatic carbocycles. The number of nitrogens with zero attached hydrogens (tertiary/aromatic N) is 2. The summed E-state index contributed by atoms with van der Waals surface area (Å²) >= 11 is 0. The fourth-order valence-electron chi connectivity index (χ4n) is 4.35. The van der Waals surface area contributed by atoms with Crippen molar-refractivity contribution >= 4 is 11.6 Å². The van der Waals surface area contributed by atoms with E-state index in [4.69, 9.17) is 0 Å². The van der Waals surface area contributed by atoms with Crippen molar-refractivity contribution in [2.45, 2.75) is 32.6 Å². The maximum absolute atomic E-state index is 13.1. The van der Waals surface area contributed by atoms with Crippen molar-refractivity contribution in [3.05, 3.63) is 67.5 Å². The van der Waals surface area contributed by atoms with Crippen LogP contribution in [-0.4, -0.2) is 20.0 Å². The number of benzene rings is 1. The van der Waals surface area contributed by atoms with Crippen LogP contribution in [0.1, 0.15) is 43.7 Å². The average molecular weight is 381 g/mol. The highest BCUT2D eigenvalue weighted by atomic mass is 16.3. The Kier molecular flexibility index (Phi) is 3.89. The number of ketones is 1. The molecule has 0 spiro atoms. The first-order valence-corrected chi connectivity index (χ1v) is 9.23. The Labute approximate surface area is 161 Å². The molecule has 28 heavy (non-hydrogen) atoms. The lowest BCUT2D eigenvalue weighted by Gasteiger charge is -2.39. The molecule has 4 rings (SSSR count). The molecule has 1 aromatic heterocycles. The van der Waals surface area contributed by atoms with Crippen LogP contribution in [0.25, 0.3) is 0 Å². The van der Waals surface area contributed by atoms with Crippen LogP contribution in [0.15, 0.2) is 45.1 Å². The molecule has 146 valence electrons. The molecule has 2 aliphatic rings. The number of Topliss-reactive ketones (excluding diaryl/α,β-unsaturated/α-hetero) is 1. The van der Waals surface area contributed by atoms with Crippen LogP contribution in [0.5, 0.6) is 5.75 Å². The van der Waals surface area contributed by atoms with E-state index >= 15 is 0 Å². The average Bonchev–Trinajstić information content (AvgIpc) is 2.63. The van der Waals surface area contributed by atoms with Gasteiger partial charge < -0.3 is 10.4 Å². The molecule has 7 heteroatoms. The van der Waals surface area contributed by atoms with E-state index in [1.807, 2.05) is 13.8 Å². The highest BCUT2D eigenvalue weighted by Gasteiger charge is 2.42. The molecule has 1 aliphatic heterocycles. The van der Waals surface area contributed by atoms with Gasteiger partial charge in [-0.05, 0) is 29.5 Å². The maximum Gasteiger partial charge on any atom is 0.332 e. The number of aromatic nitrogens is 2. The van der Waals surface area contributed by atoms with Crippen LogP contribution < -0.4 is 16.6 Å². The molecule has 0 fully saturated rings. The van der Waals surface area contributed by atoms with E-state index in [1.54, 1.807) is 31.3 Å². The van der Waals surface area contributed by atoms with E-state index in [0.29, 0.717) is 29.8 Å². The van der Waals surface area contributed by atoms with Crippen molar-refractivity contribution in [3.63, 3.8) is 0 Å². The van der Waals surface area contributed by atoms with Crippen molar-refractivity contribution in [2.75, 3.05) is 5.32 Å². The van der Waals surface area contributed by atoms with Crippen molar-refractivity contribution in [1.29, 1.82) is 0 Å². The number of carbonyl (C=O) groups is 1. The second-order valence-electron chi connectivity index (χ2n) is 8.45. The van der Waals surface area contributed by atoms with Gasteiger partial charge in [-0.25, -0.2) is 4.79 Å². The van der Waals surface area contributed by atoms with Gasteiger partial charge in [0, 0.05) is 37.7 Å². The summed E-state index contributed by atoms with van der Waals surface area (Å²) < 4.78 is 2.48. The van der Waals surface area contributed by atoms with Gasteiger partial charge >= 0.3 is 5.69 Å². The summed E-state index contributed by atoms with van der Waals surface area (Å²) in [6.45, 7) is 4.06. The summed E-state index contributed by atoms with van der Waals surface area (Å²) in [6, 6.07) is 6.52. The number of fused-ring (bicyclic) bond motifs is 1. The van der Waals surface area contributed by atoms with E-state index in [2.05, 4.69) is 5.32 Å². The number of allylic oxidation sites excluding steroid dienone is 2. The van der Waals surface area contributed by atoms with E-state index in [9.17, 15) is 19.5 Å². The second-order valence-corrected chi connectivity index (χ2v) is 8.45. The number of anilines is 1. The summed E-state index contributed by atoms with van der Waals surface area (Å²) in [6.07, 6.45) is 1.04. The van der Waals surface area contributed by atoms with Gasteiger partial charge in [0.2, 0.25) is 0 Å². The fraction of sp³-hybridized carbons (Fsp3) is 0.381. The summed E-state index contributed by atoms with van der Waals surface area (Å²) in [5, 5.41) is 12.9. The van der Waals surface area contributed by atoms with Crippen LogP contribution in [0.2, 0.25) is 0 Å². The zero-order chi connectivity index (χ0) is 20.4. The number of phenols is 1. The molecule has 0 saturated carbocycles. The van der Waals surface area contributed by atoms with E-state index in [1.165, 1.54) is 11.6 Å². The second kappa shape index (κ2) is 5.95. The van der Waals surface area contributed by atoms with E-state index < -0.39 is 17.2 Å². The lowest BCUT2D eigenvalue weighted by Crippen LogP contribution is -2.45. The third kappa shape index (κ3) is 2.61. The normalized spacial score (nSPS) is 20.4. The molecule has 2 aromatic rings. The van der Waals surface area contributed by atoms with Gasteiger partial charge in [0.1, 0.15) is 11.6 Å². The lowest BCUT2D eigenvalue weighted by molar-refractivity contribution is -0.118. The first kappa shape index (κ1) is 18.3. The minimum Gasteiger partial charge on any atom is -0.508 e. The van der Waals surface area contributed by atoms with Gasteiger partial charge in [-0.2, -0.15) is 0 Å². The molecule has 2 heterocycles. The van der Waals surface area contributed by atoms with Crippen LogP contribution in [0.4, 0.5) is 5.82 Å². The Morgan fingerprint density at radius 3 is 2.32 bits per heavy atom. The molecule has 0 saturated heterocycles. The number of carbonyl (C=O) groups excluding carboxylic acids is 1. The van der Waals surface area contributed by atoms with Crippen LogP contribution in [0.3, 0.4) is 0 Å². The van der Waals surface area contributed by atoms with Crippen molar-refractivity contribution < 1.29 is 9.90 Å². The quantitative estimate of drug-likeness (QED) is 0.788. The molecule has 1 atom stereocenters. The van der Waals surface area contributed by atoms with Crippen LogP contribution >= 0.6 is 0 Å². The third-order valence-corrected chi connectivity index (χ3v) is 5.69. The van der Waals surface area contributed by atoms with Gasteiger partial charge in [0.15, 0.2) is 5.78 Å². The Bertz CT molecular complexity index is 1150. The van der Waals surface area contributed by atoms with E-state index in [0.717, 1.165) is 15.8 Å². The van der Waals surface area contributed by atoms with Crippen molar-refractivity contribution in [1.82, 2.24) is 9.13 Å². The number of aromatic hydroxyl groups is 1. The van der Waals surface area contributed by atoms with Gasteiger partial charge in [0.05, 0.1) is 5.56 Å². The molecule has 0 amide bonds. The smallest absolute Gasteiger partial charge is 0.332 e. The summed E-state index contributed by atoms with van der Waals surface area (Å²) in [7, 11) is 3.05. The predicted octanol–water partition coefficient (Wildman–Crippen LogP) is 1.99. The third-order valence-electron chi connectivity index (χ3n) is 5.69. The molecule has 0 bridgehead atoms. The Morgan fingerprint density at radius 1 is 1.04 bits per heavy atom. The van der Waals surface area contributed by atoms with Gasteiger partial charge in [-0.3, -0.25) is 18.7 Å². The molecule has 7 nitrogen and oxygen atoms in total. The first-order chi connectivity index (χ1) is 13.1. The zero-order valence-electron chi connectivity index (χ0n) is 16.4. The van der Waals surface area contributed by atoms with Gasteiger partial charge in [-0.15, -0.1) is 0 Å². The number of hydrogen-bond acceptors (Lipinski definition) is 5. The fourth-order valence-corrected chi connectivity index (χ4v) is 4.35. The Morgan fingerprint density at radius 2 is 1.68 bits per heavy atom. The van der Waals surface area contributed by atoms with Crippen LogP contribution in [0, 0.1) is 5.41 Å². The van der Waals surface area contributed by atoms with Crippen molar-refractivity contribution in [2.24, 2.45) is 19.5 Å². The predicted molar refractivity (Wildman–Crippen MR) is 106 cm³/mol. The Hall–Kier alpha value is -3.09. The lowest BCUT2D eigenvalue weighted by atomic mass is 9.69. The van der Waals surface area contributed by atoms with Gasteiger partial charge in [-0.1, -0.05) is 26.0 Å². The largest absolute Gasteiger partial charge is 0.508 e. The minimum atomic E-state index is -0.582.